The number of hydrogen-bond acceptors (Lipinski definition) is 4. The molecule has 0 saturated heterocycles. The quantitative estimate of drug-likeness (QED) is 0.648. The number of aryl methyl sites for hydroxylation is 1. The van der Waals surface area contributed by atoms with Crippen molar-refractivity contribution < 1.29 is 9.59 Å². The van der Waals surface area contributed by atoms with Crippen LogP contribution in [0.2, 0.25) is 0 Å². The molecular formula is C16H21N5O2. The smallest absolute Gasteiger partial charge is 0.268 e. The Bertz CT molecular complexity index is 639. The number of amides is 2. The lowest BCUT2D eigenvalue weighted by Gasteiger charge is -2.05. The molecule has 2 aromatic rings. The Morgan fingerprint density at radius 1 is 1.30 bits per heavy atom. The number of nitrogens with one attached hydrogen (secondary N) is 3. The summed E-state index contributed by atoms with van der Waals surface area (Å²) in [6, 6.07) is 3.40. The molecule has 0 spiro atoms. The molecule has 0 aromatic carbocycles. The number of aromatic nitrogens is 3. The van der Waals surface area contributed by atoms with Gasteiger partial charge in [-0.2, -0.15) is 0 Å². The van der Waals surface area contributed by atoms with Crippen molar-refractivity contribution in [1.82, 2.24) is 20.3 Å². The SMILES string of the molecule is CCCCCc1c[nH]c(C(=O)NCC(=O)Nc2ccncn2)c1. The summed E-state index contributed by atoms with van der Waals surface area (Å²) in [5, 5.41) is 5.15. The maximum atomic E-state index is 12.0. The third-order valence-corrected chi connectivity index (χ3v) is 3.32. The molecule has 3 N–H and O–H groups in total. The molecule has 0 bridgehead atoms. The summed E-state index contributed by atoms with van der Waals surface area (Å²) in [4.78, 5) is 34.3. The highest BCUT2D eigenvalue weighted by Gasteiger charge is 2.10. The number of carbonyl (C=O) groups is 2. The van der Waals surface area contributed by atoms with E-state index < -0.39 is 0 Å². The minimum absolute atomic E-state index is 0.118. The van der Waals surface area contributed by atoms with Gasteiger partial charge in [-0.15, -0.1) is 0 Å². The number of H-pyrrole nitrogens is 1. The second-order valence-electron chi connectivity index (χ2n) is 5.20. The highest BCUT2D eigenvalue weighted by molar-refractivity contribution is 5.98. The van der Waals surface area contributed by atoms with Crippen LogP contribution in [0.15, 0.2) is 30.9 Å². The lowest BCUT2D eigenvalue weighted by Crippen LogP contribution is -2.33. The second-order valence-corrected chi connectivity index (χ2v) is 5.20. The Hall–Kier alpha value is -2.70. The van der Waals surface area contributed by atoms with Crippen LogP contribution in [0.5, 0.6) is 0 Å². The maximum Gasteiger partial charge on any atom is 0.268 e. The summed E-state index contributed by atoms with van der Waals surface area (Å²) in [6.07, 6.45) is 9.11. The van der Waals surface area contributed by atoms with Crippen molar-refractivity contribution in [3.05, 3.63) is 42.1 Å². The minimum atomic E-state index is -0.341. The Kier molecular flexibility index (Phi) is 6.28. The van der Waals surface area contributed by atoms with Gasteiger partial charge in [0.2, 0.25) is 5.91 Å². The molecule has 23 heavy (non-hydrogen) atoms. The molecule has 0 saturated carbocycles. The molecule has 122 valence electrons. The predicted octanol–water partition coefficient (Wildman–Crippen LogP) is 1.91. The van der Waals surface area contributed by atoms with E-state index in [1.165, 1.54) is 25.4 Å². The van der Waals surface area contributed by atoms with Gasteiger partial charge >= 0.3 is 0 Å². The fraction of sp³-hybridized carbons (Fsp3) is 0.375. The molecule has 0 aliphatic carbocycles. The second kappa shape index (κ2) is 8.67. The third-order valence-electron chi connectivity index (χ3n) is 3.32. The number of hydrogen-bond donors (Lipinski definition) is 3. The number of unbranched alkanes of at least 4 members (excludes halogenated alkanes) is 2. The average molecular weight is 315 g/mol. The largest absolute Gasteiger partial charge is 0.357 e. The number of anilines is 1. The highest BCUT2D eigenvalue weighted by atomic mass is 16.2. The van der Waals surface area contributed by atoms with E-state index in [0.29, 0.717) is 11.5 Å². The minimum Gasteiger partial charge on any atom is -0.357 e. The van der Waals surface area contributed by atoms with Gasteiger partial charge in [0.1, 0.15) is 17.8 Å². The lowest BCUT2D eigenvalue weighted by molar-refractivity contribution is -0.115. The lowest BCUT2D eigenvalue weighted by atomic mass is 10.1. The topological polar surface area (TPSA) is 99.8 Å². The van der Waals surface area contributed by atoms with Gasteiger partial charge in [0.15, 0.2) is 0 Å². The first kappa shape index (κ1) is 16.7. The summed E-state index contributed by atoms with van der Waals surface area (Å²) >= 11 is 0. The summed E-state index contributed by atoms with van der Waals surface area (Å²) in [6.45, 7) is 2.04. The molecule has 2 amide bonds. The van der Waals surface area contributed by atoms with Crippen LogP contribution in [0.25, 0.3) is 0 Å². The summed E-state index contributed by atoms with van der Waals surface area (Å²) < 4.78 is 0. The summed E-state index contributed by atoms with van der Waals surface area (Å²) in [7, 11) is 0. The van der Waals surface area contributed by atoms with E-state index in [9.17, 15) is 9.59 Å². The van der Waals surface area contributed by atoms with E-state index in [-0.39, 0.29) is 18.4 Å². The number of nitrogens with zero attached hydrogens (tertiary/aromatic N) is 2. The van der Waals surface area contributed by atoms with Gasteiger partial charge in [0, 0.05) is 12.4 Å². The highest BCUT2D eigenvalue weighted by Crippen LogP contribution is 2.08. The van der Waals surface area contributed by atoms with Crippen molar-refractivity contribution in [2.45, 2.75) is 32.6 Å². The normalized spacial score (nSPS) is 10.3. The first-order valence-corrected chi connectivity index (χ1v) is 7.70. The zero-order valence-electron chi connectivity index (χ0n) is 13.1. The van der Waals surface area contributed by atoms with Gasteiger partial charge in [-0.05, 0) is 30.5 Å². The van der Waals surface area contributed by atoms with Gasteiger partial charge in [-0.25, -0.2) is 9.97 Å². The Balaban J connectivity index is 1.77. The molecule has 0 fully saturated rings. The molecule has 2 aromatic heterocycles. The maximum absolute atomic E-state index is 12.0. The first-order chi connectivity index (χ1) is 11.2. The van der Waals surface area contributed by atoms with Gasteiger partial charge < -0.3 is 15.6 Å². The van der Waals surface area contributed by atoms with E-state index in [0.717, 1.165) is 18.4 Å². The van der Waals surface area contributed by atoms with E-state index in [4.69, 9.17) is 0 Å². The van der Waals surface area contributed by atoms with E-state index >= 15 is 0 Å². The van der Waals surface area contributed by atoms with Crippen molar-refractivity contribution >= 4 is 17.6 Å². The molecule has 0 atom stereocenters. The van der Waals surface area contributed by atoms with Crippen LogP contribution in [0.3, 0.4) is 0 Å². The van der Waals surface area contributed by atoms with Crippen LogP contribution in [-0.4, -0.2) is 33.3 Å². The number of aromatic amines is 1. The molecule has 2 rings (SSSR count). The van der Waals surface area contributed by atoms with Gasteiger partial charge in [-0.1, -0.05) is 19.8 Å². The van der Waals surface area contributed by atoms with Crippen LogP contribution in [-0.2, 0) is 11.2 Å². The molecular weight excluding hydrogens is 294 g/mol. The van der Waals surface area contributed by atoms with Crippen LogP contribution >= 0.6 is 0 Å². The monoisotopic (exact) mass is 315 g/mol. The molecule has 0 aliphatic heterocycles. The molecule has 7 nitrogen and oxygen atoms in total. The third kappa shape index (κ3) is 5.54. The van der Waals surface area contributed by atoms with Crippen LogP contribution in [0.1, 0.15) is 42.2 Å². The Labute approximate surface area is 134 Å². The molecule has 2 heterocycles. The molecule has 0 aliphatic rings. The molecule has 7 heteroatoms. The van der Waals surface area contributed by atoms with Crippen molar-refractivity contribution in [2.24, 2.45) is 0 Å². The predicted molar refractivity (Wildman–Crippen MR) is 87.0 cm³/mol. The number of rotatable bonds is 8. The van der Waals surface area contributed by atoms with Gasteiger partial charge in [0.25, 0.3) is 5.91 Å². The fourth-order valence-electron chi connectivity index (χ4n) is 2.10. The summed E-state index contributed by atoms with van der Waals surface area (Å²) in [5.74, 6) is -0.242. The first-order valence-electron chi connectivity index (χ1n) is 7.70. The van der Waals surface area contributed by atoms with Crippen molar-refractivity contribution in [3.63, 3.8) is 0 Å². The van der Waals surface area contributed by atoms with Gasteiger partial charge in [-0.3, -0.25) is 9.59 Å². The standard InChI is InChI=1S/C16H21N5O2/c1-2-3-4-5-12-8-13(18-9-12)16(23)19-10-15(22)21-14-6-7-17-11-20-14/h6-9,11,18H,2-5,10H2,1H3,(H,19,23)(H,17,20,21,22). The van der Waals surface area contributed by atoms with Gasteiger partial charge in [0.05, 0.1) is 6.54 Å². The molecule has 0 radical (unpaired) electrons. The van der Waals surface area contributed by atoms with Crippen molar-refractivity contribution in [2.75, 3.05) is 11.9 Å². The van der Waals surface area contributed by atoms with Crippen LogP contribution < -0.4 is 10.6 Å². The van der Waals surface area contributed by atoms with Crippen LogP contribution in [0.4, 0.5) is 5.82 Å². The van der Waals surface area contributed by atoms with E-state index in [1.54, 1.807) is 6.07 Å². The Morgan fingerprint density at radius 2 is 2.17 bits per heavy atom. The van der Waals surface area contributed by atoms with E-state index in [2.05, 4.69) is 32.5 Å². The van der Waals surface area contributed by atoms with Crippen molar-refractivity contribution in [1.29, 1.82) is 0 Å². The Morgan fingerprint density at radius 3 is 2.91 bits per heavy atom. The van der Waals surface area contributed by atoms with E-state index in [1.807, 2.05) is 12.3 Å². The molecule has 0 unspecified atom stereocenters. The van der Waals surface area contributed by atoms with Crippen LogP contribution in [0, 0.1) is 0 Å². The number of carbonyl (C=O) groups excluding carboxylic acids is 2. The zero-order chi connectivity index (χ0) is 16.5. The van der Waals surface area contributed by atoms with Crippen molar-refractivity contribution in [3.8, 4) is 0 Å². The fourth-order valence-corrected chi connectivity index (χ4v) is 2.10. The summed E-state index contributed by atoms with van der Waals surface area (Å²) in [5.41, 5.74) is 1.57. The average Bonchev–Trinajstić information content (AvgIpc) is 3.03. The zero-order valence-corrected chi connectivity index (χ0v) is 13.1.